The van der Waals surface area contributed by atoms with Crippen molar-refractivity contribution in [3.05, 3.63) is 89.5 Å². The molecule has 4 nitrogen and oxygen atoms in total. The summed E-state index contributed by atoms with van der Waals surface area (Å²) in [6, 6.07) is 24.5. The lowest BCUT2D eigenvalue weighted by molar-refractivity contribution is 0.0191. The van der Waals surface area contributed by atoms with Crippen LogP contribution in [0.25, 0.3) is 0 Å². The van der Waals surface area contributed by atoms with Crippen LogP contribution in [0.15, 0.2) is 72.8 Å². The van der Waals surface area contributed by atoms with Crippen molar-refractivity contribution in [2.45, 2.75) is 33.3 Å². The van der Waals surface area contributed by atoms with Gasteiger partial charge in [0.05, 0.1) is 19.8 Å². The Labute approximate surface area is 185 Å². The third-order valence-electron chi connectivity index (χ3n) is 5.05. The predicted octanol–water partition coefficient (Wildman–Crippen LogP) is 6.21. The minimum Gasteiger partial charge on any atom is -0.490 e. The van der Waals surface area contributed by atoms with E-state index in [1.54, 1.807) is 0 Å². The van der Waals surface area contributed by atoms with Crippen molar-refractivity contribution in [3.63, 3.8) is 0 Å². The maximum atomic E-state index is 6.63. The Hall–Kier alpha value is -2.98. The smallest absolute Gasteiger partial charge is 0.203 e. The van der Waals surface area contributed by atoms with Gasteiger partial charge in [0, 0.05) is 12.2 Å². The highest BCUT2D eigenvalue weighted by Gasteiger charge is 2.41. The first-order valence-electron chi connectivity index (χ1n) is 11.0. The molecule has 0 atom stereocenters. The van der Waals surface area contributed by atoms with Crippen LogP contribution in [0.4, 0.5) is 0 Å². The van der Waals surface area contributed by atoms with Crippen molar-refractivity contribution in [3.8, 4) is 17.2 Å². The van der Waals surface area contributed by atoms with Crippen molar-refractivity contribution >= 4 is 0 Å². The van der Waals surface area contributed by atoms with Gasteiger partial charge in [0.2, 0.25) is 5.75 Å². The summed E-state index contributed by atoms with van der Waals surface area (Å²) in [5.74, 6) is 1.93. The first-order valence-corrected chi connectivity index (χ1v) is 11.0. The highest BCUT2D eigenvalue weighted by atomic mass is 16.5. The number of hydrogen-bond acceptors (Lipinski definition) is 4. The summed E-state index contributed by atoms with van der Waals surface area (Å²) >= 11 is 0. The molecule has 4 heteroatoms. The van der Waals surface area contributed by atoms with Gasteiger partial charge in [0.1, 0.15) is 5.60 Å². The van der Waals surface area contributed by atoms with E-state index in [9.17, 15) is 0 Å². The molecule has 0 spiro atoms. The summed E-state index contributed by atoms with van der Waals surface area (Å²) in [5, 5.41) is 0. The Morgan fingerprint density at radius 1 is 0.548 bits per heavy atom. The first kappa shape index (κ1) is 22.7. The fourth-order valence-electron chi connectivity index (χ4n) is 3.94. The van der Waals surface area contributed by atoms with Crippen LogP contribution in [0.5, 0.6) is 17.2 Å². The van der Waals surface area contributed by atoms with Crippen LogP contribution in [0.3, 0.4) is 0 Å². The maximum Gasteiger partial charge on any atom is 0.203 e. The van der Waals surface area contributed by atoms with E-state index < -0.39 is 5.60 Å². The van der Waals surface area contributed by atoms with Crippen LogP contribution < -0.4 is 14.2 Å². The van der Waals surface area contributed by atoms with Gasteiger partial charge in [-0.25, -0.2) is 0 Å². The van der Waals surface area contributed by atoms with Crippen LogP contribution in [-0.4, -0.2) is 26.4 Å². The standard InChI is InChI=1S/C27H32O4/c1-5-28-24-20-19-23(25(29-6-2)26(24)30-7-3)27(31-8-4,21-15-11-9-12-16-21)22-17-13-10-14-18-22/h9-20H,5-8H2,1-4H3. The number of benzene rings is 3. The largest absolute Gasteiger partial charge is 0.490 e. The average molecular weight is 421 g/mol. The van der Waals surface area contributed by atoms with Gasteiger partial charge in [-0.1, -0.05) is 60.7 Å². The first-order chi connectivity index (χ1) is 15.2. The number of hydrogen-bond donors (Lipinski definition) is 0. The van der Waals surface area contributed by atoms with Gasteiger partial charge < -0.3 is 18.9 Å². The van der Waals surface area contributed by atoms with Crippen LogP contribution in [0.2, 0.25) is 0 Å². The molecule has 0 aliphatic carbocycles. The highest BCUT2D eigenvalue weighted by molar-refractivity contribution is 5.62. The Balaban J connectivity index is 2.40. The zero-order valence-corrected chi connectivity index (χ0v) is 18.9. The van der Waals surface area contributed by atoms with Crippen molar-refractivity contribution < 1.29 is 18.9 Å². The molecule has 3 rings (SSSR count). The molecule has 0 unspecified atom stereocenters. The molecule has 0 amide bonds. The summed E-state index contributed by atoms with van der Waals surface area (Å²) in [5.41, 5.74) is 2.07. The SMILES string of the molecule is CCOc1ccc(C(OCC)(c2ccccc2)c2ccccc2)c(OCC)c1OCC. The monoisotopic (exact) mass is 420 g/mol. The number of ether oxygens (including phenoxy) is 4. The Morgan fingerprint density at radius 3 is 1.55 bits per heavy atom. The molecule has 3 aromatic carbocycles. The Bertz CT molecular complexity index is 899. The lowest BCUT2D eigenvalue weighted by Gasteiger charge is -2.37. The lowest BCUT2D eigenvalue weighted by atomic mass is 9.79. The van der Waals surface area contributed by atoms with Gasteiger partial charge in [-0.15, -0.1) is 0 Å². The van der Waals surface area contributed by atoms with Crippen LogP contribution >= 0.6 is 0 Å². The molecule has 3 aromatic rings. The second-order valence-corrected chi connectivity index (χ2v) is 6.91. The van der Waals surface area contributed by atoms with Gasteiger partial charge in [0.25, 0.3) is 0 Å². The molecule has 0 heterocycles. The molecule has 164 valence electrons. The number of rotatable bonds is 11. The molecule has 0 bridgehead atoms. The minimum absolute atomic E-state index is 0.494. The topological polar surface area (TPSA) is 36.9 Å². The molecular weight excluding hydrogens is 388 g/mol. The van der Waals surface area contributed by atoms with Gasteiger partial charge in [-0.2, -0.15) is 0 Å². The van der Waals surface area contributed by atoms with Crippen molar-refractivity contribution in [1.29, 1.82) is 0 Å². The quantitative estimate of drug-likeness (QED) is 0.346. The van der Waals surface area contributed by atoms with Gasteiger partial charge in [-0.05, 0) is 51.0 Å². The molecule has 0 aliphatic rings. The molecule has 0 radical (unpaired) electrons. The van der Waals surface area contributed by atoms with E-state index in [0.717, 1.165) is 16.7 Å². The summed E-state index contributed by atoms with van der Waals surface area (Å²) in [6.45, 7) is 9.96. The fourth-order valence-corrected chi connectivity index (χ4v) is 3.94. The normalized spacial score (nSPS) is 11.2. The van der Waals surface area contributed by atoms with E-state index >= 15 is 0 Å². The lowest BCUT2D eigenvalue weighted by Crippen LogP contribution is -2.33. The van der Waals surface area contributed by atoms with E-state index in [4.69, 9.17) is 18.9 Å². The van der Waals surface area contributed by atoms with Crippen molar-refractivity contribution in [2.75, 3.05) is 26.4 Å². The third kappa shape index (κ3) is 4.54. The maximum absolute atomic E-state index is 6.63. The molecular formula is C27H32O4. The molecule has 0 saturated carbocycles. The van der Waals surface area contributed by atoms with Gasteiger partial charge in [0.15, 0.2) is 11.5 Å². The Morgan fingerprint density at radius 2 is 1.06 bits per heavy atom. The van der Waals surface area contributed by atoms with E-state index in [2.05, 4.69) is 24.3 Å². The second-order valence-electron chi connectivity index (χ2n) is 6.91. The summed E-state index contributed by atoms with van der Waals surface area (Å²) < 4.78 is 24.8. The summed E-state index contributed by atoms with van der Waals surface area (Å²) in [6.07, 6.45) is 0. The minimum atomic E-state index is -0.863. The highest BCUT2D eigenvalue weighted by Crippen LogP contribution is 2.50. The zero-order chi connectivity index (χ0) is 22.1. The van der Waals surface area contributed by atoms with Gasteiger partial charge >= 0.3 is 0 Å². The van der Waals surface area contributed by atoms with Crippen molar-refractivity contribution in [1.82, 2.24) is 0 Å². The third-order valence-corrected chi connectivity index (χ3v) is 5.05. The molecule has 0 fully saturated rings. The van der Waals surface area contributed by atoms with E-state index in [-0.39, 0.29) is 0 Å². The molecule has 0 aliphatic heterocycles. The Kier molecular flexibility index (Phi) is 7.96. The van der Waals surface area contributed by atoms with Crippen molar-refractivity contribution in [2.24, 2.45) is 0 Å². The fraction of sp³-hybridized carbons (Fsp3) is 0.333. The molecule has 0 aromatic heterocycles. The van der Waals surface area contributed by atoms with Gasteiger partial charge in [-0.3, -0.25) is 0 Å². The average Bonchev–Trinajstić information content (AvgIpc) is 2.81. The molecule has 31 heavy (non-hydrogen) atoms. The van der Waals surface area contributed by atoms with Crippen LogP contribution in [-0.2, 0) is 10.3 Å². The summed E-state index contributed by atoms with van der Waals surface area (Å²) in [4.78, 5) is 0. The van der Waals surface area contributed by atoms with Crippen LogP contribution in [0, 0.1) is 0 Å². The predicted molar refractivity (Wildman–Crippen MR) is 124 cm³/mol. The second kappa shape index (κ2) is 10.9. The van der Waals surface area contributed by atoms with E-state index in [1.807, 2.05) is 76.2 Å². The summed E-state index contributed by atoms with van der Waals surface area (Å²) in [7, 11) is 0. The molecule has 0 saturated heterocycles. The van der Waals surface area contributed by atoms with E-state index in [0.29, 0.717) is 43.7 Å². The van der Waals surface area contributed by atoms with E-state index in [1.165, 1.54) is 0 Å². The zero-order valence-electron chi connectivity index (χ0n) is 18.9. The van der Waals surface area contributed by atoms with Crippen LogP contribution in [0.1, 0.15) is 44.4 Å². The molecule has 0 N–H and O–H groups in total.